The van der Waals surface area contributed by atoms with Crippen LogP contribution in [0.15, 0.2) is 47.4 Å². The molecule has 7 heteroatoms. The van der Waals surface area contributed by atoms with Gasteiger partial charge in [-0.05, 0) is 37.1 Å². The third kappa shape index (κ3) is 5.52. The van der Waals surface area contributed by atoms with Crippen LogP contribution >= 0.6 is 11.8 Å². The highest BCUT2D eigenvalue weighted by atomic mass is 32.2. The average Bonchev–Trinajstić information content (AvgIpc) is 3.29. The van der Waals surface area contributed by atoms with E-state index < -0.39 is 5.97 Å². The summed E-state index contributed by atoms with van der Waals surface area (Å²) >= 11 is 1.57. The number of methoxy groups -OCH3 is 2. The molecule has 1 heterocycles. The van der Waals surface area contributed by atoms with E-state index in [4.69, 9.17) is 18.9 Å². The fourth-order valence-corrected chi connectivity index (χ4v) is 4.15. The average molecular weight is 416 g/mol. The highest BCUT2D eigenvalue weighted by Gasteiger charge is 2.20. The van der Waals surface area contributed by atoms with Gasteiger partial charge in [0.1, 0.15) is 11.5 Å². The van der Waals surface area contributed by atoms with Gasteiger partial charge in [-0.15, -0.1) is 11.8 Å². The molecule has 0 saturated carbocycles. The molecule has 0 aromatic heterocycles. The van der Waals surface area contributed by atoms with Crippen LogP contribution in [0.4, 0.5) is 0 Å². The Kier molecular flexibility index (Phi) is 7.55. The van der Waals surface area contributed by atoms with E-state index in [2.05, 4.69) is 0 Å². The van der Waals surface area contributed by atoms with Crippen LogP contribution < -0.4 is 9.47 Å². The van der Waals surface area contributed by atoms with Gasteiger partial charge in [-0.3, -0.25) is 4.79 Å². The lowest BCUT2D eigenvalue weighted by molar-refractivity contribution is 0.0470. The molecule has 154 valence electrons. The molecule has 0 spiro atoms. The zero-order chi connectivity index (χ0) is 20.6. The van der Waals surface area contributed by atoms with Gasteiger partial charge in [-0.25, -0.2) is 4.79 Å². The lowest BCUT2D eigenvalue weighted by atomic mass is 10.1. The second kappa shape index (κ2) is 10.3. The minimum Gasteiger partial charge on any atom is -0.497 e. The fourth-order valence-electron chi connectivity index (χ4n) is 3.04. The Balaban J connectivity index is 1.62. The summed E-state index contributed by atoms with van der Waals surface area (Å²) in [5.74, 6) is 0.862. The van der Waals surface area contributed by atoms with Gasteiger partial charge in [0.2, 0.25) is 5.78 Å². The molecule has 1 saturated heterocycles. The standard InChI is InChI=1S/C22H24O6S/c1-25-15-9-10-17(20(12-15)26-2)19(23)13-28-22(24)18-7-3-4-8-21(18)29-14-16-6-5-11-27-16/h3-4,7-10,12,16H,5-6,11,13-14H2,1-2H3/t16-/m1/s1. The number of hydrogen-bond donors (Lipinski definition) is 0. The summed E-state index contributed by atoms with van der Waals surface area (Å²) in [6.07, 6.45) is 2.33. The van der Waals surface area contributed by atoms with Crippen molar-refractivity contribution in [3.05, 3.63) is 53.6 Å². The van der Waals surface area contributed by atoms with E-state index in [0.717, 1.165) is 30.1 Å². The summed E-state index contributed by atoms with van der Waals surface area (Å²) in [7, 11) is 3.01. The van der Waals surface area contributed by atoms with Crippen LogP contribution in [-0.4, -0.2) is 51.0 Å². The van der Waals surface area contributed by atoms with E-state index in [0.29, 0.717) is 22.6 Å². The van der Waals surface area contributed by atoms with Gasteiger partial charge < -0.3 is 18.9 Å². The summed E-state index contributed by atoms with van der Waals surface area (Å²) in [5, 5.41) is 0. The molecule has 0 radical (unpaired) electrons. The monoisotopic (exact) mass is 416 g/mol. The van der Waals surface area contributed by atoms with Crippen molar-refractivity contribution in [2.45, 2.75) is 23.8 Å². The van der Waals surface area contributed by atoms with Gasteiger partial charge in [0.15, 0.2) is 6.61 Å². The molecule has 29 heavy (non-hydrogen) atoms. The maximum Gasteiger partial charge on any atom is 0.339 e. The first-order valence-corrected chi connectivity index (χ1v) is 10.4. The van der Waals surface area contributed by atoms with Crippen LogP contribution in [-0.2, 0) is 9.47 Å². The van der Waals surface area contributed by atoms with Gasteiger partial charge in [-0.1, -0.05) is 12.1 Å². The Hall–Kier alpha value is -2.51. The van der Waals surface area contributed by atoms with Gasteiger partial charge in [-0.2, -0.15) is 0 Å². The zero-order valence-electron chi connectivity index (χ0n) is 16.5. The van der Waals surface area contributed by atoms with E-state index in [-0.39, 0.29) is 18.5 Å². The summed E-state index contributed by atoms with van der Waals surface area (Å²) in [5.41, 5.74) is 0.784. The summed E-state index contributed by atoms with van der Waals surface area (Å²) < 4.78 is 21.3. The minimum atomic E-state index is -0.527. The Morgan fingerprint density at radius 1 is 1.10 bits per heavy atom. The van der Waals surface area contributed by atoms with Crippen molar-refractivity contribution in [3.8, 4) is 11.5 Å². The van der Waals surface area contributed by atoms with Gasteiger partial charge in [0.05, 0.1) is 31.5 Å². The molecule has 0 unspecified atom stereocenters. The number of ether oxygens (including phenoxy) is 4. The molecule has 1 atom stereocenters. The first-order chi connectivity index (χ1) is 14.1. The number of carbonyl (C=O) groups is 2. The predicted molar refractivity (Wildman–Crippen MR) is 110 cm³/mol. The molecule has 2 aromatic carbocycles. The van der Waals surface area contributed by atoms with Gasteiger partial charge in [0, 0.05) is 23.3 Å². The van der Waals surface area contributed by atoms with Crippen molar-refractivity contribution in [1.29, 1.82) is 0 Å². The zero-order valence-corrected chi connectivity index (χ0v) is 17.3. The third-order valence-electron chi connectivity index (χ3n) is 4.60. The third-order valence-corrected chi connectivity index (χ3v) is 5.80. The van der Waals surface area contributed by atoms with E-state index >= 15 is 0 Å². The number of carbonyl (C=O) groups excluding carboxylic acids is 2. The van der Waals surface area contributed by atoms with Gasteiger partial charge >= 0.3 is 5.97 Å². The van der Waals surface area contributed by atoms with Crippen LogP contribution in [0.2, 0.25) is 0 Å². The normalized spacial score (nSPS) is 15.7. The molecule has 1 aliphatic heterocycles. The minimum absolute atomic E-state index is 0.216. The summed E-state index contributed by atoms with van der Waals surface area (Å²) in [4.78, 5) is 25.9. The largest absolute Gasteiger partial charge is 0.497 e. The molecular formula is C22H24O6S. The Morgan fingerprint density at radius 2 is 1.93 bits per heavy atom. The summed E-state index contributed by atoms with van der Waals surface area (Å²) in [6.45, 7) is 0.429. The molecule has 0 aliphatic carbocycles. The SMILES string of the molecule is COc1ccc(C(=O)COC(=O)c2ccccc2SC[C@H]2CCCO2)c(OC)c1. The maximum atomic E-state index is 12.6. The van der Waals surface area contributed by atoms with Crippen molar-refractivity contribution in [2.24, 2.45) is 0 Å². The number of esters is 1. The topological polar surface area (TPSA) is 71.1 Å². The number of ketones is 1. The van der Waals surface area contributed by atoms with Crippen molar-refractivity contribution in [2.75, 3.05) is 33.2 Å². The van der Waals surface area contributed by atoms with Crippen molar-refractivity contribution >= 4 is 23.5 Å². The lowest BCUT2D eigenvalue weighted by Gasteiger charge is -2.12. The van der Waals surface area contributed by atoms with Crippen LogP contribution in [0.25, 0.3) is 0 Å². The second-order valence-electron chi connectivity index (χ2n) is 6.51. The van der Waals surface area contributed by atoms with Gasteiger partial charge in [0.25, 0.3) is 0 Å². The number of thioether (sulfide) groups is 1. The Bertz CT molecular complexity index is 860. The number of benzene rings is 2. The first kappa shape index (κ1) is 21.2. The predicted octanol–water partition coefficient (Wildman–Crippen LogP) is 4.01. The van der Waals surface area contributed by atoms with Crippen molar-refractivity contribution < 1.29 is 28.5 Å². The number of hydrogen-bond acceptors (Lipinski definition) is 7. The quantitative estimate of drug-likeness (QED) is 0.347. The fraction of sp³-hybridized carbons (Fsp3) is 0.364. The molecule has 3 rings (SSSR count). The van der Waals surface area contributed by atoms with E-state index in [1.54, 1.807) is 42.1 Å². The smallest absolute Gasteiger partial charge is 0.339 e. The first-order valence-electron chi connectivity index (χ1n) is 9.38. The van der Waals surface area contributed by atoms with E-state index in [1.807, 2.05) is 12.1 Å². The molecule has 6 nitrogen and oxygen atoms in total. The lowest BCUT2D eigenvalue weighted by Crippen LogP contribution is -2.16. The van der Waals surface area contributed by atoms with Crippen molar-refractivity contribution in [1.82, 2.24) is 0 Å². The molecule has 1 aliphatic rings. The van der Waals surface area contributed by atoms with Crippen LogP contribution in [0.1, 0.15) is 33.6 Å². The Labute approximate surface area is 174 Å². The molecule has 0 bridgehead atoms. The number of Topliss-reactive ketones (excluding diaryl/α,β-unsaturated/α-hetero) is 1. The second-order valence-corrected chi connectivity index (χ2v) is 7.57. The van der Waals surface area contributed by atoms with Crippen LogP contribution in [0, 0.1) is 0 Å². The molecule has 0 N–H and O–H groups in total. The highest BCUT2D eigenvalue weighted by molar-refractivity contribution is 7.99. The van der Waals surface area contributed by atoms with Crippen LogP contribution in [0.3, 0.4) is 0 Å². The van der Waals surface area contributed by atoms with Crippen molar-refractivity contribution in [3.63, 3.8) is 0 Å². The molecular weight excluding hydrogens is 392 g/mol. The molecule has 0 amide bonds. The summed E-state index contributed by atoms with van der Waals surface area (Å²) in [6, 6.07) is 12.1. The number of rotatable bonds is 9. The van der Waals surface area contributed by atoms with E-state index in [9.17, 15) is 9.59 Å². The van der Waals surface area contributed by atoms with E-state index in [1.165, 1.54) is 14.2 Å². The Morgan fingerprint density at radius 3 is 2.66 bits per heavy atom. The maximum absolute atomic E-state index is 12.6. The molecule has 2 aromatic rings. The highest BCUT2D eigenvalue weighted by Crippen LogP contribution is 2.28. The molecule has 1 fully saturated rings. The van der Waals surface area contributed by atoms with Crippen LogP contribution in [0.5, 0.6) is 11.5 Å².